The lowest BCUT2D eigenvalue weighted by molar-refractivity contribution is -0.113. The number of carbonyl (C=O) groups is 1. The third kappa shape index (κ3) is 4.84. The first-order valence-electron chi connectivity index (χ1n) is 7.94. The Morgan fingerprint density at radius 2 is 1.86 bits per heavy atom. The van der Waals surface area contributed by atoms with Gasteiger partial charge in [0.2, 0.25) is 0 Å². The molecule has 0 radical (unpaired) electrons. The molecule has 1 unspecified atom stereocenters. The number of hydrogen-bond acceptors (Lipinski definition) is 1. The van der Waals surface area contributed by atoms with Crippen LogP contribution in [0.25, 0.3) is 5.57 Å². The fourth-order valence-corrected chi connectivity index (χ4v) is 2.24. The number of aryl methyl sites for hydroxylation is 2. The fourth-order valence-electron chi connectivity index (χ4n) is 2.24. The van der Waals surface area contributed by atoms with Crippen LogP contribution in [0, 0.1) is 19.8 Å². The highest BCUT2D eigenvalue weighted by Crippen LogP contribution is 2.27. The average Bonchev–Trinajstić information content (AvgIpc) is 2.46. The lowest BCUT2D eigenvalue weighted by Crippen LogP contribution is -1.97. The third-order valence-electron chi connectivity index (χ3n) is 4.19. The average molecular weight is 296 g/mol. The summed E-state index contributed by atoms with van der Waals surface area (Å²) in [6.07, 6.45) is 5.29. The van der Waals surface area contributed by atoms with Crippen LogP contribution in [-0.4, -0.2) is 5.78 Å². The lowest BCUT2D eigenvalue weighted by atomic mass is 9.91. The number of benzene rings is 1. The van der Waals surface area contributed by atoms with Crippen molar-refractivity contribution in [3.63, 3.8) is 0 Å². The number of carbonyl (C=O) groups excluding carboxylic acids is 1. The Bertz CT molecular complexity index is 629. The smallest absolute Gasteiger partial charge is 0.159 e. The summed E-state index contributed by atoms with van der Waals surface area (Å²) in [5, 5.41) is 0. The molecule has 1 aromatic rings. The van der Waals surface area contributed by atoms with Crippen LogP contribution in [-0.2, 0) is 4.79 Å². The van der Waals surface area contributed by atoms with Crippen molar-refractivity contribution < 1.29 is 4.79 Å². The summed E-state index contributed by atoms with van der Waals surface area (Å²) in [5.41, 5.74) is 6.50. The Labute approximate surface area is 135 Å². The second-order valence-corrected chi connectivity index (χ2v) is 6.17. The topological polar surface area (TPSA) is 17.1 Å². The zero-order valence-electron chi connectivity index (χ0n) is 14.8. The van der Waals surface area contributed by atoms with Gasteiger partial charge in [0.1, 0.15) is 0 Å². The Morgan fingerprint density at radius 1 is 1.23 bits per heavy atom. The molecule has 0 aliphatic heterocycles. The van der Waals surface area contributed by atoms with Crippen LogP contribution in [0.2, 0.25) is 0 Å². The molecule has 0 aliphatic carbocycles. The number of ketones is 1. The zero-order chi connectivity index (χ0) is 16.9. The minimum absolute atomic E-state index is 0.0117. The monoisotopic (exact) mass is 296 g/mol. The molecule has 0 aromatic heterocycles. The van der Waals surface area contributed by atoms with E-state index in [-0.39, 0.29) is 5.78 Å². The van der Waals surface area contributed by atoms with E-state index in [0.29, 0.717) is 11.5 Å². The molecule has 1 rings (SSSR count). The first-order valence-corrected chi connectivity index (χ1v) is 7.94. The summed E-state index contributed by atoms with van der Waals surface area (Å²) in [5.74, 6) is 0.526. The molecule has 22 heavy (non-hydrogen) atoms. The third-order valence-corrected chi connectivity index (χ3v) is 4.19. The van der Waals surface area contributed by atoms with E-state index in [1.54, 1.807) is 6.92 Å². The van der Waals surface area contributed by atoms with Crippen molar-refractivity contribution in [3.05, 3.63) is 64.8 Å². The van der Waals surface area contributed by atoms with Crippen LogP contribution in [0.4, 0.5) is 0 Å². The molecule has 118 valence electrons. The summed E-state index contributed by atoms with van der Waals surface area (Å²) in [6.45, 7) is 16.2. The van der Waals surface area contributed by atoms with Gasteiger partial charge in [-0.05, 0) is 67.5 Å². The van der Waals surface area contributed by atoms with Crippen molar-refractivity contribution in [2.45, 2.75) is 48.0 Å². The van der Waals surface area contributed by atoms with Gasteiger partial charge >= 0.3 is 0 Å². The molecule has 0 bridgehead atoms. The highest BCUT2D eigenvalue weighted by molar-refractivity contribution is 5.98. The molecule has 0 amide bonds. The molecule has 0 fully saturated rings. The first kappa shape index (κ1) is 18.2. The Balaban J connectivity index is 3.39. The van der Waals surface area contributed by atoms with E-state index >= 15 is 0 Å². The molecule has 1 aromatic carbocycles. The maximum absolute atomic E-state index is 11.6. The van der Waals surface area contributed by atoms with Crippen molar-refractivity contribution >= 4 is 11.4 Å². The first-order chi connectivity index (χ1) is 10.3. The number of allylic oxidation sites excluding steroid dienone is 5. The van der Waals surface area contributed by atoms with Crippen molar-refractivity contribution in [3.8, 4) is 0 Å². The van der Waals surface area contributed by atoms with Crippen LogP contribution in [0.5, 0.6) is 0 Å². The predicted octanol–water partition coefficient (Wildman–Crippen LogP) is 5.82. The van der Waals surface area contributed by atoms with E-state index in [9.17, 15) is 4.79 Å². The van der Waals surface area contributed by atoms with Gasteiger partial charge in [-0.2, -0.15) is 0 Å². The van der Waals surface area contributed by atoms with E-state index in [1.165, 1.54) is 16.7 Å². The molecule has 1 nitrogen and oxygen atoms in total. The molecule has 0 saturated heterocycles. The Hall–Kier alpha value is -1.89. The van der Waals surface area contributed by atoms with Crippen molar-refractivity contribution in [1.29, 1.82) is 0 Å². The molecule has 1 heteroatoms. The summed E-state index contributed by atoms with van der Waals surface area (Å²) >= 11 is 0. The standard InChI is InChI=1S/C21H28O/c1-8-14(2)11-18(6)21(13-17(5)19(7)22)20-10-9-15(3)16(4)12-20/h9-14H,5,8H2,1-4,6-7H3. The minimum Gasteiger partial charge on any atom is -0.295 e. The number of rotatable bonds is 6. The van der Waals surface area contributed by atoms with E-state index in [2.05, 4.69) is 65.5 Å². The highest BCUT2D eigenvalue weighted by atomic mass is 16.1. The van der Waals surface area contributed by atoms with E-state index in [1.807, 2.05) is 6.08 Å². The largest absolute Gasteiger partial charge is 0.295 e. The van der Waals surface area contributed by atoms with Gasteiger partial charge in [-0.3, -0.25) is 4.79 Å². The molecule has 0 heterocycles. The van der Waals surface area contributed by atoms with Gasteiger partial charge in [0.05, 0.1) is 0 Å². The molecular formula is C21H28O. The SMILES string of the molecule is C=C(C=C(C(C)=CC(C)CC)c1ccc(C)c(C)c1)C(C)=O. The van der Waals surface area contributed by atoms with Gasteiger partial charge in [0, 0.05) is 5.57 Å². The lowest BCUT2D eigenvalue weighted by Gasteiger charge is -2.13. The van der Waals surface area contributed by atoms with Crippen LogP contribution >= 0.6 is 0 Å². The van der Waals surface area contributed by atoms with Crippen LogP contribution in [0.1, 0.15) is 50.8 Å². The maximum Gasteiger partial charge on any atom is 0.159 e. The Morgan fingerprint density at radius 3 is 2.36 bits per heavy atom. The van der Waals surface area contributed by atoms with Gasteiger partial charge in [-0.25, -0.2) is 0 Å². The molecule has 0 saturated carbocycles. The molecule has 0 N–H and O–H groups in total. The van der Waals surface area contributed by atoms with Gasteiger partial charge < -0.3 is 0 Å². The van der Waals surface area contributed by atoms with E-state index in [4.69, 9.17) is 0 Å². The Kier molecular flexibility index (Phi) is 6.55. The summed E-state index contributed by atoms with van der Waals surface area (Å²) in [6, 6.07) is 6.43. The van der Waals surface area contributed by atoms with E-state index < -0.39 is 0 Å². The second kappa shape index (κ2) is 7.93. The second-order valence-electron chi connectivity index (χ2n) is 6.17. The quantitative estimate of drug-likeness (QED) is 0.477. The summed E-state index contributed by atoms with van der Waals surface area (Å²) in [7, 11) is 0. The normalized spacial score (nSPS) is 13.9. The predicted molar refractivity (Wildman–Crippen MR) is 96.9 cm³/mol. The van der Waals surface area contributed by atoms with Crippen molar-refractivity contribution in [1.82, 2.24) is 0 Å². The molecule has 1 atom stereocenters. The fraction of sp³-hybridized carbons (Fsp3) is 0.381. The summed E-state index contributed by atoms with van der Waals surface area (Å²) < 4.78 is 0. The van der Waals surface area contributed by atoms with Gasteiger partial charge in [0.15, 0.2) is 5.78 Å². The zero-order valence-corrected chi connectivity index (χ0v) is 14.8. The number of hydrogen-bond donors (Lipinski definition) is 0. The number of Topliss-reactive ketones (excluding diaryl/α,β-unsaturated/α-hetero) is 1. The van der Waals surface area contributed by atoms with Gasteiger partial charge in [-0.1, -0.05) is 51.1 Å². The van der Waals surface area contributed by atoms with Gasteiger partial charge in [-0.15, -0.1) is 0 Å². The van der Waals surface area contributed by atoms with Crippen LogP contribution in [0.15, 0.2) is 48.1 Å². The molecule has 0 aliphatic rings. The maximum atomic E-state index is 11.6. The summed E-state index contributed by atoms with van der Waals surface area (Å²) in [4.78, 5) is 11.6. The molecule has 0 spiro atoms. The highest BCUT2D eigenvalue weighted by Gasteiger charge is 2.09. The van der Waals surface area contributed by atoms with Crippen LogP contribution in [0.3, 0.4) is 0 Å². The van der Waals surface area contributed by atoms with Gasteiger partial charge in [0.25, 0.3) is 0 Å². The minimum atomic E-state index is 0.0117. The van der Waals surface area contributed by atoms with Crippen molar-refractivity contribution in [2.75, 3.05) is 0 Å². The van der Waals surface area contributed by atoms with Crippen LogP contribution < -0.4 is 0 Å². The molecular weight excluding hydrogens is 268 g/mol. The van der Waals surface area contributed by atoms with Crippen molar-refractivity contribution in [2.24, 2.45) is 5.92 Å². The van der Waals surface area contributed by atoms with E-state index in [0.717, 1.165) is 17.6 Å².